The van der Waals surface area contributed by atoms with E-state index in [1.165, 1.54) is 6.07 Å². The number of nitrogens with zero attached hydrogens (tertiary/aromatic N) is 2. The number of carbonyl (C=O) groups excluding carboxylic acids is 1. The van der Waals surface area contributed by atoms with E-state index in [2.05, 4.69) is 4.90 Å². The molecule has 7 nitrogen and oxygen atoms in total. The van der Waals surface area contributed by atoms with Gasteiger partial charge in [0.25, 0.3) is 5.91 Å². The van der Waals surface area contributed by atoms with Crippen LogP contribution in [0.3, 0.4) is 0 Å². The summed E-state index contributed by atoms with van der Waals surface area (Å²) in [6.45, 7) is 4.97. The molecule has 1 aromatic carbocycles. The predicted molar refractivity (Wildman–Crippen MR) is 100.0 cm³/mol. The van der Waals surface area contributed by atoms with Crippen LogP contribution in [0.1, 0.15) is 12.8 Å². The van der Waals surface area contributed by atoms with Crippen molar-refractivity contribution in [1.82, 2.24) is 9.80 Å². The maximum Gasteiger partial charge on any atom is 0.336 e. The van der Waals surface area contributed by atoms with Crippen LogP contribution in [0.4, 0.5) is 0 Å². The molecule has 0 N–H and O–H groups in total. The Hall–Kier alpha value is -2.38. The normalized spacial score (nSPS) is 20.9. The van der Waals surface area contributed by atoms with Gasteiger partial charge in [0.05, 0.1) is 6.10 Å². The van der Waals surface area contributed by atoms with Crippen molar-refractivity contribution in [3.63, 3.8) is 0 Å². The van der Waals surface area contributed by atoms with Crippen LogP contribution >= 0.6 is 0 Å². The summed E-state index contributed by atoms with van der Waals surface area (Å²) in [6.07, 6.45) is 2.64. The van der Waals surface area contributed by atoms with E-state index >= 15 is 0 Å². The Kier molecular flexibility index (Phi) is 5.40. The molecule has 1 aromatic heterocycles. The fourth-order valence-electron chi connectivity index (χ4n) is 3.62. The van der Waals surface area contributed by atoms with E-state index in [9.17, 15) is 9.59 Å². The van der Waals surface area contributed by atoms with Gasteiger partial charge < -0.3 is 18.8 Å². The molecule has 1 amide bonds. The molecule has 0 aliphatic carbocycles. The quantitative estimate of drug-likeness (QED) is 0.741. The van der Waals surface area contributed by atoms with Gasteiger partial charge in [0.2, 0.25) is 0 Å². The molecule has 2 aliphatic heterocycles. The molecular weight excluding hydrogens is 348 g/mol. The molecule has 1 unspecified atom stereocenters. The second-order valence-corrected chi connectivity index (χ2v) is 7.06. The Morgan fingerprint density at radius 2 is 1.96 bits per heavy atom. The summed E-state index contributed by atoms with van der Waals surface area (Å²) in [6, 6.07) is 8.30. The zero-order valence-electron chi connectivity index (χ0n) is 15.3. The van der Waals surface area contributed by atoms with E-state index in [0.717, 1.165) is 44.5 Å². The molecular formula is C20H24N2O5. The van der Waals surface area contributed by atoms with Crippen LogP contribution in [-0.4, -0.2) is 67.7 Å². The summed E-state index contributed by atoms with van der Waals surface area (Å²) in [5.74, 6) is 0.489. The van der Waals surface area contributed by atoms with Gasteiger partial charge in [-0.2, -0.15) is 0 Å². The number of carbonyl (C=O) groups is 1. The Labute approximate surface area is 157 Å². The lowest BCUT2D eigenvalue weighted by Gasteiger charge is -2.35. The number of hydrogen-bond acceptors (Lipinski definition) is 6. The predicted octanol–water partition coefficient (Wildman–Crippen LogP) is 1.49. The summed E-state index contributed by atoms with van der Waals surface area (Å²) >= 11 is 0. The largest absolute Gasteiger partial charge is 0.484 e. The Balaban J connectivity index is 1.26. The van der Waals surface area contributed by atoms with Crippen molar-refractivity contribution in [2.75, 3.05) is 45.9 Å². The van der Waals surface area contributed by atoms with Crippen LogP contribution in [-0.2, 0) is 9.53 Å². The standard InChI is InChI=1S/C20H24N2O5/c23-19(22-9-7-21(8-10-22)13-17-2-1-11-25-17)14-26-16-5-3-15-4-6-20(24)27-18(15)12-16/h3-6,12,17H,1-2,7-11,13-14H2. The van der Waals surface area contributed by atoms with Crippen molar-refractivity contribution in [2.45, 2.75) is 18.9 Å². The fraction of sp³-hybridized carbons (Fsp3) is 0.500. The summed E-state index contributed by atoms with van der Waals surface area (Å²) < 4.78 is 16.4. The van der Waals surface area contributed by atoms with Gasteiger partial charge in [0.1, 0.15) is 11.3 Å². The highest BCUT2D eigenvalue weighted by molar-refractivity contribution is 5.79. The van der Waals surface area contributed by atoms with E-state index in [-0.39, 0.29) is 12.5 Å². The average Bonchev–Trinajstić information content (AvgIpc) is 3.19. The van der Waals surface area contributed by atoms with Crippen molar-refractivity contribution >= 4 is 16.9 Å². The Morgan fingerprint density at radius 3 is 2.74 bits per heavy atom. The van der Waals surface area contributed by atoms with Crippen molar-refractivity contribution in [2.24, 2.45) is 0 Å². The van der Waals surface area contributed by atoms with Gasteiger partial charge in [-0.05, 0) is 31.0 Å². The molecule has 3 heterocycles. The number of fused-ring (bicyclic) bond motifs is 1. The molecule has 0 radical (unpaired) electrons. The molecule has 2 aromatic rings. The van der Waals surface area contributed by atoms with Crippen LogP contribution in [0.15, 0.2) is 39.5 Å². The molecule has 1 atom stereocenters. The van der Waals surface area contributed by atoms with E-state index in [4.69, 9.17) is 13.9 Å². The molecule has 2 aliphatic rings. The van der Waals surface area contributed by atoms with Gasteiger partial charge in [-0.3, -0.25) is 9.69 Å². The molecule has 7 heteroatoms. The molecule has 27 heavy (non-hydrogen) atoms. The first-order valence-electron chi connectivity index (χ1n) is 9.46. The highest BCUT2D eigenvalue weighted by Gasteiger charge is 2.25. The van der Waals surface area contributed by atoms with Crippen LogP contribution in [0.25, 0.3) is 11.0 Å². The molecule has 0 saturated carbocycles. The summed E-state index contributed by atoms with van der Waals surface area (Å²) in [5, 5.41) is 0.815. The molecule has 0 spiro atoms. The lowest BCUT2D eigenvalue weighted by molar-refractivity contribution is -0.135. The second kappa shape index (κ2) is 8.10. The number of amides is 1. The average molecular weight is 372 g/mol. The second-order valence-electron chi connectivity index (χ2n) is 7.06. The van der Waals surface area contributed by atoms with E-state index in [1.54, 1.807) is 18.2 Å². The first-order chi connectivity index (χ1) is 13.2. The lowest BCUT2D eigenvalue weighted by Crippen LogP contribution is -2.51. The Bertz CT molecular complexity index is 851. The van der Waals surface area contributed by atoms with Crippen LogP contribution < -0.4 is 10.4 Å². The van der Waals surface area contributed by atoms with Gasteiger partial charge in [0.15, 0.2) is 6.61 Å². The van der Waals surface area contributed by atoms with Crippen LogP contribution in [0.2, 0.25) is 0 Å². The number of rotatable bonds is 5. The summed E-state index contributed by atoms with van der Waals surface area (Å²) in [4.78, 5) is 28.0. The van der Waals surface area contributed by atoms with Gasteiger partial charge in [-0.1, -0.05) is 0 Å². The van der Waals surface area contributed by atoms with E-state index in [1.807, 2.05) is 11.0 Å². The van der Waals surface area contributed by atoms with E-state index in [0.29, 0.717) is 30.5 Å². The fourth-order valence-corrected chi connectivity index (χ4v) is 3.62. The molecule has 2 saturated heterocycles. The summed E-state index contributed by atoms with van der Waals surface area (Å²) in [7, 11) is 0. The molecule has 144 valence electrons. The molecule has 4 rings (SSSR count). The minimum Gasteiger partial charge on any atom is -0.484 e. The van der Waals surface area contributed by atoms with Crippen molar-refractivity contribution in [3.05, 3.63) is 40.8 Å². The smallest absolute Gasteiger partial charge is 0.336 e. The molecule has 0 bridgehead atoms. The van der Waals surface area contributed by atoms with Crippen molar-refractivity contribution in [3.8, 4) is 5.75 Å². The van der Waals surface area contributed by atoms with Gasteiger partial charge in [0, 0.05) is 56.8 Å². The topological polar surface area (TPSA) is 72.2 Å². The van der Waals surface area contributed by atoms with Crippen molar-refractivity contribution < 1.29 is 18.7 Å². The third kappa shape index (κ3) is 4.48. The summed E-state index contributed by atoms with van der Waals surface area (Å²) in [5.41, 5.74) is 0.0480. The van der Waals surface area contributed by atoms with Gasteiger partial charge in [-0.25, -0.2) is 4.79 Å². The highest BCUT2D eigenvalue weighted by atomic mass is 16.5. The highest BCUT2D eigenvalue weighted by Crippen LogP contribution is 2.19. The molecule has 2 fully saturated rings. The van der Waals surface area contributed by atoms with Crippen LogP contribution in [0, 0.1) is 0 Å². The maximum absolute atomic E-state index is 12.4. The first kappa shape index (κ1) is 18.0. The van der Waals surface area contributed by atoms with Gasteiger partial charge >= 0.3 is 5.63 Å². The number of hydrogen-bond donors (Lipinski definition) is 0. The SMILES string of the molecule is O=C(COc1ccc2ccc(=O)oc2c1)N1CCN(CC2CCCO2)CC1. The number of ether oxygens (including phenoxy) is 2. The minimum atomic E-state index is -0.406. The first-order valence-corrected chi connectivity index (χ1v) is 9.46. The zero-order chi connectivity index (χ0) is 18.6. The lowest BCUT2D eigenvalue weighted by atomic mass is 10.2. The number of piperazine rings is 1. The van der Waals surface area contributed by atoms with Crippen molar-refractivity contribution in [1.29, 1.82) is 0 Å². The number of benzene rings is 1. The maximum atomic E-state index is 12.4. The zero-order valence-corrected chi connectivity index (χ0v) is 15.3. The minimum absolute atomic E-state index is 0.0195. The third-order valence-electron chi connectivity index (χ3n) is 5.17. The third-order valence-corrected chi connectivity index (χ3v) is 5.17. The van der Waals surface area contributed by atoms with E-state index < -0.39 is 5.63 Å². The Morgan fingerprint density at radius 1 is 1.15 bits per heavy atom. The monoisotopic (exact) mass is 372 g/mol. The van der Waals surface area contributed by atoms with Gasteiger partial charge in [-0.15, -0.1) is 0 Å². The van der Waals surface area contributed by atoms with Crippen LogP contribution in [0.5, 0.6) is 5.75 Å².